The Balaban J connectivity index is 2.87. The third-order valence-electron chi connectivity index (χ3n) is 1.17. The molecule has 1 aliphatic carbocycles. The maximum atomic E-state index is 4.21. The fourth-order valence-corrected chi connectivity index (χ4v) is 1.09. The summed E-state index contributed by atoms with van der Waals surface area (Å²) in [6.07, 6.45) is 4.72. The molecular formula is C7H8S2. The first-order valence-electron chi connectivity index (χ1n) is 2.67. The summed E-state index contributed by atoms with van der Waals surface area (Å²) in [6.45, 7) is 3.80. The highest BCUT2D eigenvalue weighted by Crippen LogP contribution is 2.26. The second-order valence-corrected chi connectivity index (χ2v) is 3.02. The summed E-state index contributed by atoms with van der Waals surface area (Å²) in [5, 5.41) is 0. The van der Waals surface area contributed by atoms with Crippen LogP contribution in [0.4, 0.5) is 0 Å². The Labute approximate surface area is 66.2 Å². The van der Waals surface area contributed by atoms with Crippen LogP contribution in [-0.2, 0) is 0 Å². The number of thiol groups is 2. The second-order valence-electron chi connectivity index (χ2n) is 2.00. The van der Waals surface area contributed by atoms with Gasteiger partial charge in [0.2, 0.25) is 0 Å². The molecule has 0 spiro atoms. The van der Waals surface area contributed by atoms with Gasteiger partial charge in [-0.1, -0.05) is 18.2 Å². The van der Waals surface area contributed by atoms with Crippen molar-refractivity contribution in [3.63, 3.8) is 0 Å². The van der Waals surface area contributed by atoms with Crippen molar-refractivity contribution in [1.29, 1.82) is 0 Å². The van der Waals surface area contributed by atoms with E-state index in [4.69, 9.17) is 0 Å². The van der Waals surface area contributed by atoms with Crippen molar-refractivity contribution in [2.75, 3.05) is 0 Å². The summed E-state index contributed by atoms with van der Waals surface area (Å²) in [7, 11) is 0. The van der Waals surface area contributed by atoms with Gasteiger partial charge in [0.05, 0.1) is 0 Å². The average Bonchev–Trinajstić information content (AvgIpc) is 1.80. The van der Waals surface area contributed by atoms with Gasteiger partial charge in [-0.25, -0.2) is 0 Å². The maximum absolute atomic E-state index is 4.21. The van der Waals surface area contributed by atoms with Crippen LogP contribution in [0.15, 0.2) is 34.1 Å². The van der Waals surface area contributed by atoms with Gasteiger partial charge in [0.15, 0.2) is 0 Å². The molecule has 0 nitrogen and oxygen atoms in total. The van der Waals surface area contributed by atoms with Gasteiger partial charge in [-0.05, 0) is 11.0 Å². The zero-order valence-corrected chi connectivity index (χ0v) is 6.75. The minimum atomic E-state index is 0.846. The third kappa shape index (κ3) is 1.66. The Bertz CT molecular complexity index is 199. The molecule has 0 aromatic heterocycles. The lowest BCUT2D eigenvalue weighted by molar-refractivity contribution is 1.25. The van der Waals surface area contributed by atoms with E-state index in [1.165, 1.54) is 0 Å². The number of rotatable bonds is 0. The summed E-state index contributed by atoms with van der Waals surface area (Å²) in [5.74, 6) is 0. The van der Waals surface area contributed by atoms with Crippen molar-refractivity contribution in [3.05, 3.63) is 34.1 Å². The molecule has 0 aliphatic heterocycles. The molecular weight excluding hydrogens is 148 g/mol. The molecule has 0 heterocycles. The molecule has 0 radical (unpaired) electrons. The van der Waals surface area contributed by atoms with Crippen LogP contribution in [0.2, 0.25) is 0 Å². The zero-order valence-electron chi connectivity index (χ0n) is 4.96. The van der Waals surface area contributed by atoms with Gasteiger partial charge in [-0.3, -0.25) is 0 Å². The van der Waals surface area contributed by atoms with Crippen molar-refractivity contribution in [2.45, 2.75) is 6.42 Å². The fourth-order valence-electron chi connectivity index (χ4n) is 0.658. The Kier molecular flexibility index (Phi) is 2.09. The highest BCUT2D eigenvalue weighted by Gasteiger charge is 2.02. The lowest BCUT2D eigenvalue weighted by Crippen LogP contribution is -1.85. The fraction of sp³-hybridized carbons (Fsp3) is 0.143. The molecule has 0 fully saturated rings. The zero-order chi connectivity index (χ0) is 6.85. The van der Waals surface area contributed by atoms with Gasteiger partial charge < -0.3 is 0 Å². The van der Waals surface area contributed by atoms with E-state index < -0.39 is 0 Å². The summed E-state index contributed by atoms with van der Waals surface area (Å²) in [6, 6.07) is 0. The van der Waals surface area contributed by atoms with E-state index >= 15 is 0 Å². The monoisotopic (exact) mass is 156 g/mol. The minimum absolute atomic E-state index is 0.846. The van der Waals surface area contributed by atoms with E-state index in [0.717, 1.165) is 21.8 Å². The van der Waals surface area contributed by atoms with Crippen LogP contribution in [0.25, 0.3) is 0 Å². The minimum Gasteiger partial charge on any atom is -0.146 e. The van der Waals surface area contributed by atoms with Crippen LogP contribution in [0.5, 0.6) is 0 Å². The lowest BCUT2D eigenvalue weighted by atomic mass is 10.1. The molecule has 0 amide bonds. The Morgan fingerprint density at radius 2 is 2.00 bits per heavy atom. The first kappa shape index (κ1) is 7.03. The number of hydrogen-bond acceptors (Lipinski definition) is 2. The average molecular weight is 156 g/mol. The molecule has 0 bridgehead atoms. The molecule has 0 aromatic rings. The van der Waals surface area contributed by atoms with Crippen LogP contribution in [-0.4, -0.2) is 0 Å². The highest BCUT2D eigenvalue weighted by atomic mass is 32.1. The summed E-state index contributed by atoms with van der Waals surface area (Å²) in [5.41, 5.74) is 1.10. The summed E-state index contributed by atoms with van der Waals surface area (Å²) < 4.78 is 0. The Hall–Kier alpha value is -0.0800. The predicted octanol–water partition coefficient (Wildman–Crippen LogP) is 2.57. The highest BCUT2D eigenvalue weighted by molar-refractivity contribution is 7.88. The van der Waals surface area contributed by atoms with Crippen LogP contribution >= 0.6 is 25.3 Å². The van der Waals surface area contributed by atoms with Crippen LogP contribution < -0.4 is 0 Å². The van der Waals surface area contributed by atoms with Crippen LogP contribution in [0.1, 0.15) is 6.42 Å². The van der Waals surface area contributed by atoms with E-state index in [1.54, 1.807) is 0 Å². The topological polar surface area (TPSA) is 0 Å². The van der Waals surface area contributed by atoms with Gasteiger partial charge in [-0.15, -0.1) is 25.3 Å². The molecule has 0 aromatic carbocycles. The summed E-state index contributed by atoms with van der Waals surface area (Å²) >= 11 is 8.38. The van der Waals surface area contributed by atoms with E-state index in [-0.39, 0.29) is 0 Å². The number of allylic oxidation sites excluding steroid dienone is 4. The molecule has 1 aliphatic rings. The van der Waals surface area contributed by atoms with E-state index in [9.17, 15) is 0 Å². The van der Waals surface area contributed by atoms with Gasteiger partial charge >= 0.3 is 0 Å². The van der Waals surface area contributed by atoms with Crippen molar-refractivity contribution in [3.8, 4) is 0 Å². The Morgan fingerprint density at radius 1 is 1.33 bits per heavy atom. The number of hydrogen-bond donors (Lipinski definition) is 2. The van der Waals surface area contributed by atoms with E-state index in [0.29, 0.717) is 0 Å². The molecule has 0 unspecified atom stereocenters. The third-order valence-corrected chi connectivity index (χ3v) is 2.16. The van der Waals surface area contributed by atoms with E-state index in [2.05, 4.69) is 31.8 Å². The first-order chi connectivity index (χ1) is 4.20. The quantitative estimate of drug-likeness (QED) is 0.495. The first-order valence-corrected chi connectivity index (χ1v) is 3.56. The van der Waals surface area contributed by atoms with Crippen LogP contribution in [0, 0.1) is 0 Å². The molecule has 0 saturated carbocycles. The predicted molar refractivity (Wildman–Crippen MR) is 47.9 cm³/mol. The van der Waals surface area contributed by atoms with Crippen molar-refractivity contribution in [1.82, 2.24) is 0 Å². The molecule has 0 N–H and O–H groups in total. The Morgan fingerprint density at radius 3 is 2.44 bits per heavy atom. The molecule has 48 valence electrons. The summed E-state index contributed by atoms with van der Waals surface area (Å²) in [4.78, 5) is 1.96. The lowest BCUT2D eigenvalue weighted by Gasteiger charge is -2.07. The molecule has 0 saturated heterocycles. The molecule has 1 rings (SSSR count). The van der Waals surface area contributed by atoms with E-state index in [1.807, 2.05) is 12.2 Å². The normalized spacial score (nSPS) is 19.1. The van der Waals surface area contributed by atoms with Crippen molar-refractivity contribution in [2.24, 2.45) is 0 Å². The van der Waals surface area contributed by atoms with Crippen molar-refractivity contribution < 1.29 is 0 Å². The van der Waals surface area contributed by atoms with Gasteiger partial charge in [-0.2, -0.15) is 0 Å². The van der Waals surface area contributed by atoms with Gasteiger partial charge in [0.25, 0.3) is 0 Å². The van der Waals surface area contributed by atoms with Crippen molar-refractivity contribution >= 4 is 25.3 Å². The molecule has 9 heavy (non-hydrogen) atoms. The molecule has 2 heteroatoms. The van der Waals surface area contributed by atoms with Crippen LogP contribution in [0.3, 0.4) is 0 Å². The maximum Gasteiger partial charge on any atom is 0.0136 e. The molecule has 0 atom stereocenters. The standard InChI is InChI=1S/C7H8S2/c1-5-2-3-6(8)7(9)4-5/h2-3,8-9H,1,4H2. The second kappa shape index (κ2) is 2.67. The van der Waals surface area contributed by atoms with Gasteiger partial charge in [0.1, 0.15) is 0 Å². The smallest absolute Gasteiger partial charge is 0.0136 e. The largest absolute Gasteiger partial charge is 0.146 e. The SMILES string of the molecule is C=C1C=CC(S)=C(S)C1. The van der Waals surface area contributed by atoms with Gasteiger partial charge in [0, 0.05) is 11.3 Å².